The van der Waals surface area contributed by atoms with Crippen LogP contribution < -0.4 is 0 Å². The molecule has 0 spiro atoms. The van der Waals surface area contributed by atoms with E-state index in [4.69, 9.17) is 116 Å². The molecular weight excluding hydrogens is 2090 g/mol. The van der Waals surface area contributed by atoms with Gasteiger partial charge in [-0.25, -0.2) is 0 Å². The van der Waals surface area contributed by atoms with Gasteiger partial charge in [-0.2, -0.15) is 0 Å². The quantitative estimate of drug-likeness (QED) is 0.0179. The molecular formula is C68H194O32Si27. The summed E-state index contributed by atoms with van der Waals surface area (Å²) in [4.78, 5) is 9.75. The lowest BCUT2D eigenvalue weighted by Gasteiger charge is -2.45. The van der Waals surface area contributed by atoms with Crippen LogP contribution in [0.1, 0.15) is 33.6 Å². The lowest BCUT2D eigenvalue weighted by Crippen LogP contribution is -2.63. The fraction of sp³-hybridized carbons (Fsp3) is 0.926. The van der Waals surface area contributed by atoms with E-state index < -0.39 is 231 Å². The van der Waals surface area contributed by atoms with Gasteiger partial charge >= 0.3 is 220 Å². The van der Waals surface area contributed by atoms with Crippen LogP contribution in [0.15, 0.2) is 25.7 Å². The van der Waals surface area contributed by atoms with E-state index >= 15 is 0 Å². The molecule has 0 aromatic carbocycles. The van der Waals surface area contributed by atoms with Crippen molar-refractivity contribution >= 4 is 237 Å². The normalized spacial score (nSPS) is 15.0. The zero-order valence-corrected chi connectivity index (χ0v) is 118. The molecule has 0 heterocycles. The van der Waals surface area contributed by atoms with E-state index in [0.29, 0.717) is 6.61 Å². The van der Waals surface area contributed by atoms with E-state index in [1.807, 2.05) is 13.8 Å². The second kappa shape index (κ2) is 51.1. The van der Waals surface area contributed by atoms with Gasteiger partial charge in [0.05, 0.1) is 19.1 Å². The molecule has 0 amide bonds. The van der Waals surface area contributed by atoms with Gasteiger partial charge in [0, 0.05) is 6.92 Å². The number of hydrogen-bond donors (Lipinski definition) is 0. The summed E-state index contributed by atoms with van der Waals surface area (Å²) in [6.45, 7) is 127. The first-order chi connectivity index (χ1) is 54.2. The van der Waals surface area contributed by atoms with Gasteiger partial charge in [-0.1, -0.05) is 33.4 Å². The molecule has 0 saturated heterocycles. The van der Waals surface area contributed by atoms with Gasteiger partial charge in [-0.3, -0.25) is 4.79 Å². The van der Waals surface area contributed by atoms with E-state index in [0.717, 1.165) is 25.1 Å². The van der Waals surface area contributed by atoms with Crippen LogP contribution in [0.25, 0.3) is 0 Å². The monoisotopic (exact) mass is 2280 g/mol. The molecule has 0 radical (unpaired) electrons. The topological polar surface area (TPSA) is 348 Å². The highest BCUT2D eigenvalue weighted by atomic mass is 28.6. The number of rotatable bonds is 61. The third-order valence-corrected chi connectivity index (χ3v) is 119. The standard InChI is InChI=1S/C62H178O28Si27.C4H6O2.C2H6.2H2O/c1-57-63-62-64-60-58-59-61-92(5,6)66-94(9,10)68-96(13,14)70-98(17,18)72-100(21,22)74-102(25,26)76-104(29,30)78-106(33,34)80-108(37,38)82-110(41,42)84-112(45,46)86-114(49,50)88-116(53,54)90-117(55,56)89-115(51,52)87-113(47,48)85-111(43,44)83-109(39,40)81-107(35,36)79-105(31,32)77-103(27,28)75-101(23,24)73-99(19,20)71-97(15,16)69-95(11,12)67-93(7,8)65-91(2,3)4;1-3-6-4(2)5;1-2;;/h57H,1,58-62H2,2-56H3;3H,1H2,2H3;1-2H3;2*1H2. The molecule has 0 aromatic heterocycles. The SMILES string of the molecule is C=COC(C)=O.C=COCOCCCC[Si](C)(C)O[Si](C)(C)O[Si](C)(C)O[Si](C)(C)O[Si](C)(C)O[Si](C)(C)O[Si](C)(C)O[Si](C)(C)O[Si](C)(C)O[Si](C)(C)O[Si](C)(C)O[Si](C)(C)O[Si](C)(C)O[Si](C)(C)O[Si](C)(C)O[Si](C)(C)O[Si](C)(C)O[Si](C)(C)O[Si](C)(C)O[Si](C)(C)O[Si](C)(C)O[Si](C)(C)O[Si](C)(C)O[Si](C)(C)O[Si](C)(C)O[Si](C)(C)O[Si](C)(C)C.CC.O.O. The van der Waals surface area contributed by atoms with Crippen LogP contribution in [0.5, 0.6) is 0 Å². The van der Waals surface area contributed by atoms with Crippen LogP contribution in [-0.2, 0) is 126 Å². The van der Waals surface area contributed by atoms with Gasteiger partial charge in [0.2, 0.25) is 0 Å². The van der Waals surface area contributed by atoms with Crippen molar-refractivity contribution in [3.8, 4) is 0 Å². The molecule has 0 fully saturated rings. The molecule has 0 saturated carbocycles. The Bertz CT molecular complexity index is 3240. The molecule has 766 valence electrons. The van der Waals surface area contributed by atoms with Gasteiger partial charge < -0.3 is 132 Å². The van der Waals surface area contributed by atoms with Crippen LogP contribution in [-0.4, -0.2) is 261 Å². The summed E-state index contributed by atoms with van der Waals surface area (Å²) in [5, 5.41) is 0. The first kappa shape index (κ1) is 139. The lowest BCUT2D eigenvalue weighted by molar-refractivity contribution is -0.135. The predicted octanol–water partition coefficient (Wildman–Crippen LogP) is 22.0. The van der Waals surface area contributed by atoms with Gasteiger partial charge in [-0.05, 0) is 373 Å². The Kier molecular flexibility index (Phi) is 55.9. The second-order valence-electron chi connectivity index (χ2n) is 44.1. The summed E-state index contributed by atoms with van der Waals surface area (Å²) in [5.41, 5.74) is 0. The summed E-state index contributed by atoms with van der Waals surface area (Å²) in [5.74, 6) is -0.329. The first-order valence-corrected chi connectivity index (χ1v) is 121. The number of carbonyl (C=O) groups excluding carboxylic acids is 1. The van der Waals surface area contributed by atoms with Gasteiger partial charge in [0.1, 0.15) is 0 Å². The molecule has 0 aliphatic carbocycles. The van der Waals surface area contributed by atoms with E-state index in [9.17, 15) is 4.79 Å². The summed E-state index contributed by atoms with van der Waals surface area (Å²) < 4.78 is 195. The van der Waals surface area contributed by atoms with Crippen LogP contribution in [0.3, 0.4) is 0 Å². The third kappa shape index (κ3) is 70.7. The van der Waals surface area contributed by atoms with Crippen LogP contribution in [0.2, 0.25) is 366 Å². The largest absolute Gasteiger partial charge is 0.476 e. The van der Waals surface area contributed by atoms with E-state index in [2.05, 4.69) is 378 Å². The highest BCUT2D eigenvalue weighted by Crippen LogP contribution is 2.38. The summed E-state index contributed by atoms with van der Waals surface area (Å²) >= 11 is 0. The minimum atomic E-state index is -2.93. The molecule has 0 unspecified atom stereocenters. The molecule has 127 heavy (non-hydrogen) atoms. The second-order valence-corrected chi connectivity index (χ2v) is 144. The number of esters is 1. The van der Waals surface area contributed by atoms with Crippen molar-refractivity contribution in [1.82, 2.24) is 0 Å². The average molecular weight is 2280 g/mol. The maximum atomic E-state index is 9.75. The lowest BCUT2D eigenvalue weighted by atomic mass is 10.4. The van der Waals surface area contributed by atoms with Gasteiger partial charge in [0.25, 0.3) is 0 Å². The Morgan fingerprint density at radius 2 is 0.346 bits per heavy atom. The van der Waals surface area contributed by atoms with Crippen molar-refractivity contribution in [2.24, 2.45) is 0 Å². The molecule has 32 nitrogen and oxygen atoms in total. The summed E-state index contributed by atoms with van der Waals surface area (Å²) in [7, 11) is -74.7. The van der Waals surface area contributed by atoms with Crippen molar-refractivity contribution in [2.45, 2.75) is 400 Å². The molecule has 0 rings (SSSR count). The molecule has 4 N–H and O–H groups in total. The minimum Gasteiger partial charge on any atom is -0.476 e. The maximum absolute atomic E-state index is 9.75. The fourth-order valence-electron chi connectivity index (χ4n) is 17.2. The molecule has 0 atom stereocenters. The molecule has 0 aliphatic heterocycles. The Morgan fingerprint density at radius 3 is 0.457 bits per heavy atom. The van der Waals surface area contributed by atoms with Gasteiger partial charge in [0.15, 0.2) is 23.4 Å². The van der Waals surface area contributed by atoms with E-state index in [-0.39, 0.29) is 23.7 Å². The highest BCUT2D eigenvalue weighted by Gasteiger charge is 2.57. The summed E-state index contributed by atoms with van der Waals surface area (Å²) in [6, 6.07) is 1.00. The van der Waals surface area contributed by atoms with Crippen molar-refractivity contribution in [2.75, 3.05) is 13.4 Å². The minimum absolute atomic E-state index is 0. The van der Waals surface area contributed by atoms with E-state index in [1.165, 1.54) is 13.2 Å². The molecule has 0 bridgehead atoms. The molecule has 0 aromatic rings. The molecule has 59 heteroatoms. The van der Waals surface area contributed by atoms with Crippen LogP contribution in [0, 0.1) is 0 Å². The van der Waals surface area contributed by atoms with Crippen molar-refractivity contribution < 1.29 is 137 Å². The Balaban J connectivity index is -0.00000474. The smallest absolute Gasteiger partial charge is 0.314 e. The Labute approximate surface area is 805 Å². The zero-order chi connectivity index (χ0) is 101. The average Bonchev–Trinajstić information content (AvgIpc) is 0.813. The van der Waals surface area contributed by atoms with Crippen LogP contribution in [0.4, 0.5) is 0 Å². The van der Waals surface area contributed by atoms with Crippen molar-refractivity contribution in [1.29, 1.82) is 0 Å². The molecule has 0 aliphatic rings. The van der Waals surface area contributed by atoms with Crippen molar-refractivity contribution in [3.63, 3.8) is 0 Å². The number of hydrogen-bond acceptors (Lipinski definition) is 30. The number of ether oxygens (including phenoxy) is 3. The van der Waals surface area contributed by atoms with Crippen molar-refractivity contribution in [3.05, 3.63) is 25.7 Å². The predicted molar refractivity (Wildman–Crippen MR) is 583 cm³/mol. The number of unbranched alkanes of at least 4 members (excludes halogenated alkanes) is 1. The number of carbonyl (C=O) groups is 1. The van der Waals surface area contributed by atoms with E-state index in [1.54, 1.807) is 0 Å². The third-order valence-electron chi connectivity index (χ3n) is 14.7. The van der Waals surface area contributed by atoms with Gasteiger partial charge in [-0.15, -0.1) is 0 Å². The fourth-order valence-corrected chi connectivity index (χ4v) is 157. The summed E-state index contributed by atoms with van der Waals surface area (Å²) in [6.07, 6.45) is 4.43. The zero-order valence-electron chi connectivity index (χ0n) is 91.4. The maximum Gasteiger partial charge on any atom is 0.314 e. The highest BCUT2D eigenvalue weighted by molar-refractivity contribution is 6.98. The van der Waals surface area contributed by atoms with Crippen LogP contribution >= 0.6 is 0 Å². The Hall–Kier alpha value is 3.45. The first-order valence-electron chi connectivity index (χ1n) is 44.0. The Morgan fingerprint density at radius 1 is 0.213 bits per heavy atom.